The molecule has 4 N–H and O–H groups in total. The van der Waals surface area contributed by atoms with Crippen LogP contribution in [-0.4, -0.2) is 75.9 Å². The summed E-state index contributed by atoms with van der Waals surface area (Å²) in [6.07, 6.45) is 2.45. The number of benzene rings is 1. The molecule has 3 aromatic rings. The van der Waals surface area contributed by atoms with Crippen molar-refractivity contribution in [3.05, 3.63) is 36.2 Å². The Kier molecular flexibility index (Phi) is 5.83. The SMILES string of the molecule is Oc1ccc(CCNc2nc(NCCN3CCOCC3)nc3nc[nH]c23)cc1. The molecule has 0 atom stereocenters. The largest absolute Gasteiger partial charge is 0.508 e. The van der Waals surface area contributed by atoms with Crippen LogP contribution in [0.25, 0.3) is 11.2 Å². The van der Waals surface area contributed by atoms with E-state index in [-0.39, 0.29) is 5.75 Å². The number of imidazole rings is 1. The summed E-state index contributed by atoms with van der Waals surface area (Å²) in [5.41, 5.74) is 2.57. The molecule has 0 spiro atoms. The van der Waals surface area contributed by atoms with Gasteiger partial charge in [0.15, 0.2) is 11.5 Å². The Morgan fingerprint density at radius 2 is 1.89 bits per heavy atom. The third kappa shape index (κ3) is 4.68. The van der Waals surface area contributed by atoms with E-state index in [4.69, 9.17) is 4.74 Å². The van der Waals surface area contributed by atoms with Gasteiger partial charge in [0.2, 0.25) is 5.95 Å². The average Bonchev–Trinajstić information content (AvgIpc) is 3.19. The Balaban J connectivity index is 1.36. The molecule has 28 heavy (non-hydrogen) atoms. The zero-order valence-corrected chi connectivity index (χ0v) is 15.7. The predicted octanol–water partition coefficient (Wildman–Crippen LogP) is 1.46. The number of nitrogens with zero attached hydrogens (tertiary/aromatic N) is 4. The van der Waals surface area contributed by atoms with Crippen LogP contribution in [0.5, 0.6) is 5.75 Å². The number of rotatable bonds is 8. The second kappa shape index (κ2) is 8.85. The van der Waals surface area contributed by atoms with Crippen LogP contribution in [0.4, 0.5) is 11.8 Å². The topological polar surface area (TPSA) is 111 Å². The van der Waals surface area contributed by atoms with Gasteiger partial charge in [0.25, 0.3) is 0 Å². The lowest BCUT2D eigenvalue weighted by molar-refractivity contribution is 0.0398. The lowest BCUT2D eigenvalue weighted by atomic mass is 10.1. The zero-order chi connectivity index (χ0) is 19.2. The molecule has 9 heteroatoms. The molecule has 148 valence electrons. The molecule has 1 fully saturated rings. The number of aromatic nitrogens is 4. The molecule has 4 rings (SSSR count). The first-order chi connectivity index (χ1) is 13.8. The molecule has 9 nitrogen and oxygen atoms in total. The summed E-state index contributed by atoms with van der Waals surface area (Å²) < 4.78 is 5.38. The minimum Gasteiger partial charge on any atom is -0.508 e. The van der Waals surface area contributed by atoms with Crippen LogP contribution in [0.2, 0.25) is 0 Å². The van der Waals surface area contributed by atoms with Crippen LogP contribution in [0.3, 0.4) is 0 Å². The molecule has 0 radical (unpaired) electrons. The van der Waals surface area contributed by atoms with Gasteiger partial charge in [-0.1, -0.05) is 12.1 Å². The van der Waals surface area contributed by atoms with Crippen LogP contribution in [0, 0.1) is 0 Å². The number of phenols is 1. The van der Waals surface area contributed by atoms with Crippen molar-refractivity contribution in [2.24, 2.45) is 0 Å². The molecule has 0 amide bonds. The zero-order valence-electron chi connectivity index (χ0n) is 15.7. The Morgan fingerprint density at radius 3 is 2.71 bits per heavy atom. The lowest BCUT2D eigenvalue weighted by Crippen LogP contribution is -2.39. The number of aromatic hydroxyl groups is 1. The van der Waals surface area contributed by atoms with Crippen molar-refractivity contribution >= 4 is 22.9 Å². The van der Waals surface area contributed by atoms with Gasteiger partial charge in [-0.25, -0.2) is 4.98 Å². The molecule has 0 unspecified atom stereocenters. The van der Waals surface area contributed by atoms with E-state index in [0.717, 1.165) is 62.7 Å². The summed E-state index contributed by atoms with van der Waals surface area (Å²) >= 11 is 0. The number of phenolic OH excluding ortho intramolecular Hbond substituents is 1. The summed E-state index contributed by atoms with van der Waals surface area (Å²) in [5, 5.41) is 16.0. The average molecular weight is 383 g/mol. The molecular formula is C19H25N7O2. The van der Waals surface area contributed by atoms with E-state index in [0.29, 0.717) is 18.1 Å². The fraction of sp³-hybridized carbons (Fsp3) is 0.421. The molecule has 1 aliphatic rings. The van der Waals surface area contributed by atoms with E-state index in [9.17, 15) is 5.11 Å². The fourth-order valence-electron chi connectivity index (χ4n) is 3.18. The molecule has 1 aliphatic heterocycles. The lowest BCUT2D eigenvalue weighted by Gasteiger charge is -2.26. The first-order valence-corrected chi connectivity index (χ1v) is 9.55. The van der Waals surface area contributed by atoms with Gasteiger partial charge in [0, 0.05) is 32.7 Å². The van der Waals surface area contributed by atoms with Gasteiger partial charge in [0.1, 0.15) is 11.3 Å². The van der Waals surface area contributed by atoms with Crippen molar-refractivity contribution in [2.75, 3.05) is 56.6 Å². The molecule has 0 aliphatic carbocycles. The van der Waals surface area contributed by atoms with Crippen molar-refractivity contribution in [1.82, 2.24) is 24.8 Å². The van der Waals surface area contributed by atoms with Gasteiger partial charge in [-0.2, -0.15) is 9.97 Å². The predicted molar refractivity (Wildman–Crippen MR) is 108 cm³/mol. The second-order valence-corrected chi connectivity index (χ2v) is 6.72. The summed E-state index contributed by atoms with van der Waals surface area (Å²) in [4.78, 5) is 18.8. The van der Waals surface area contributed by atoms with E-state index in [2.05, 4.69) is 35.5 Å². The number of fused-ring (bicyclic) bond motifs is 1. The number of H-pyrrole nitrogens is 1. The normalized spacial score (nSPS) is 15.0. The molecule has 0 saturated carbocycles. The number of hydrogen-bond donors (Lipinski definition) is 4. The minimum absolute atomic E-state index is 0.277. The second-order valence-electron chi connectivity index (χ2n) is 6.72. The molecule has 1 aromatic carbocycles. The van der Waals surface area contributed by atoms with Crippen LogP contribution in [0.15, 0.2) is 30.6 Å². The number of anilines is 2. The summed E-state index contributed by atoms with van der Waals surface area (Å²) in [5.74, 6) is 1.58. The summed E-state index contributed by atoms with van der Waals surface area (Å²) in [6, 6.07) is 7.23. The van der Waals surface area contributed by atoms with Crippen LogP contribution in [0.1, 0.15) is 5.56 Å². The van der Waals surface area contributed by atoms with Gasteiger partial charge in [0.05, 0.1) is 19.5 Å². The Morgan fingerprint density at radius 1 is 1.07 bits per heavy atom. The maximum absolute atomic E-state index is 9.38. The van der Waals surface area contributed by atoms with Crippen molar-refractivity contribution in [2.45, 2.75) is 6.42 Å². The van der Waals surface area contributed by atoms with E-state index < -0.39 is 0 Å². The Bertz CT molecular complexity index is 891. The van der Waals surface area contributed by atoms with E-state index in [1.54, 1.807) is 18.5 Å². The van der Waals surface area contributed by atoms with Crippen molar-refractivity contribution in [3.63, 3.8) is 0 Å². The smallest absolute Gasteiger partial charge is 0.226 e. The number of nitrogens with one attached hydrogen (secondary N) is 3. The quantitative estimate of drug-likeness (QED) is 0.463. The van der Waals surface area contributed by atoms with Crippen molar-refractivity contribution in [1.29, 1.82) is 0 Å². The molecule has 3 heterocycles. The van der Waals surface area contributed by atoms with Crippen molar-refractivity contribution in [3.8, 4) is 5.75 Å². The highest BCUT2D eigenvalue weighted by Gasteiger charge is 2.12. The molecule has 2 aromatic heterocycles. The van der Waals surface area contributed by atoms with Crippen LogP contribution >= 0.6 is 0 Å². The highest BCUT2D eigenvalue weighted by molar-refractivity contribution is 5.83. The standard InChI is InChI=1S/C19H25N7O2/c27-15-3-1-14(2-4-15)5-6-20-17-16-18(23-13-22-16)25-19(24-17)21-7-8-26-9-11-28-12-10-26/h1-4,13,27H,5-12H2,(H3,20,21,22,23,24,25). The van der Waals surface area contributed by atoms with E-state index >= 15 is 0 Å². The first-order valence-electron chi connectivity index (χ1n) is 9.55. The highest BCUT2D eigenvalue weighted by atomic mass is 16.5. The number of aromatic amines is 1. The van der Waals surface area contributed by atoms with Gasteiger partial charge in [-0.05, 0) is 24.1 Å². The first kappa shape index (κ1) is 18.5. The van der Waals surface area contributed by atoms with Gasteiger partial charge < -0.3 is 25.5 Å². The number of hydrogen-bond acceptors (Lipinski definition) is 8. The monoisotopic (exact) mass is 383 g/mol. The Labute approximate surface area is 163 Å². The highest BCUT2D eigenvalue weighted by Crippen LogP contribution is 2.19. The molecule has 0 bridgehead atoms. The van der Waals surface area contributed by atoms with Gasteiger partial charge in [-0.15, -0.1) is 0 Å². The van der Waals surface area contributed by atoms with E-state index in [1.807, 2.05) is 12.1 Å². The van der Waals surface area contributed by atoms with Gasteiger partial charge in [-0.3, -0.25) is 4.90 Å². The van der Waals surface area contributed by atoms with E-state index in [1.165, 1.54) is 0 Å². The van der Waals surface area contributed by atoms with Gasteiger partial charge >= 0.3 is 0 Å². The maximum atomic E-state index is 9.38. The summed E-state index contributed by atoms with van der Waals surface area (Å²) in [7, 11) is 0. The van der Waals surface area contributed by atoms with Crippen LogP contribution in [-0.2, 0) is 11.2 Å². The maximum Gasteiger partial charge on any atom is 0.226 e. The van der Waals surface area contributed by atoms with Crippen LogP contribution < -0.4 is 10.6 Å². The third-order valence-electron chi connectivity index (χ3n) is 4.74. The number of ether oxygens (including phenoxy) is 1. The van der Waals surface area contributed by atoms with Crippen molar-refractivity contribution < 1.29 is 9.84 Å². The third-order valence-corrected chi connectivity index (χ3v) is 4.74. The molecule has 1 saturated heterocycles. The summed E-state index contributed by atoms with van der Waals surface area (Å²) in [6.45, 7) is 5.92. The molecular weight excluding hydrogens is 358 g/mol. The Hall–Kier alpha value is -2.91. The fourth-order valence-corrected chi connectivity index (χ4v) is 3.18. The number of morpholine rings is 1. The minimum atomic E-state index is 0.277.